The molecular weight excluding hydrogens is 258 g/mol. The molecule has 2 heterocycles. The zero-order valence-electron chi connectivity index (χ0n) is 9.05. The van der Waals surface area contributed by atoms with Gasteiger partial charge in [0.05, 0.1) is 5.69 Å². The van der Waals surface area contributed by atoms with E-state index in [4.69, 9.17) is 16.7 Å². The van der Waals surface area contributed by atoms with Crippen molar-refractivity contribution in [3.05, 3.63) is 56.7 Å². The van der Waals surface area contributed by atoms with Gasteiger partial charge in [-0.05, 0) is 24.3 Å². The van der Waals surface area contributed by atoms with Gasteiger partial charge < -0.3 is 10.1 Å². The molecule has 0 atom stereocenters. The van der Waals surface area contributed by atoms with Gasteiger partial charge >= 0.3 is 5.97 Å². The zero-order valence-corrected chi connectivity index (χ0v) is 9.81. The summed E-state index contributed by atoms with van der Waals surface area (Å²) < 4.78 is 0. The highest BCUT2D eigenvalue weighted by Gasteiger charge is 2.09. The topological polar surface area (TPSA) is 95.9 Å². The third kappa shape index (κ3) is 2.72. The summed E-state index contributed by atoms with van der Waals surface area (Å²) >= 11 is 5.60. The Morgan fingerprint density at radius 1 is 1.28 bits per heavy atom. The number of rotatable bonds is 3. The third-order valence-electron chi connectivity index (χ3n) is 2.26. The number of hydrogen-bond donors (Lipinski definition) is 2. The predicted octanol–water partition coefficient (Wildman–Crippen LogP) is 1.11. The van der Waals surface area contributed by atoms with Gasteiger partial charge in [0.25, 0.3) is 5.56 Å². The van der Waals surface area contributed by atoms with E-state index in [-0.39, 0.29) is 10.7 Å². The van der Waals surface area contributed by atoms with Crippen molar-refractivity contribution in [2.45, 2.75) is 6.42 Å². The number of carboxylic acids is 1. The van der Waals surface area contributed by atoms with Crippen LogP contribution in [0.4, 0.5) is 0 Å². The fraction of sp³-hybridized carbons (Fsp3) is 0.0909. The van der Waals surface area contributed by atoms with Crippen LogP contribution < -0.4 is 5.56 Å². The van der Waals surface area contributed by atoms with Crippen LogP contribution in [0.5, 0.6) is 0 Å². The second-order valence-electron chi connectivity index (χ2n) is 3.56. The molecule has 0 amide bonds. The highest BCUT2D eigenvalue weighted by molar-refractivity contribution is 6.29. The molecule has 0 aliphatic heterocycles. The van der Waals surface area contributed by atoms with Crippen LogP contribution in [0.15, 0.2) is 29.1 Å². The van der Waals surface area contributed by atoms with Gasteiger partial charge in [0.15, 0.2) is 5.15 Å². The summed E-state index contributed by atoms with van der Waals surface area (Å²) in [7, 11) is 0. The van der Waals surface area contributed by atoms with Crippen molar-refractivity contribution in [2.75, 3.05) is 0 Å². The number of carbonyl (C=O) groups is 1. The molecular formula is C11H8ClN3O3. The standard InChI is InChI=1S/C11H8ClN3O3/c12-9-4-2-7(14-15-9)5-6-1-3-8(11(17)18)10(16)13-6/h1-4H,5H2,(H,13,16)(H,17,18). The van der Waals surface area contributed by atoms with E-state index in [0.29, 0.717) is 17.8 Å². The van der Waals surface area contributed by atoms with Crippen LogP contribution in [-0.4, -0.2) is 26.3 Å². The molecule has 0 fully saturated rings. The molecule has 0 aliphatic carbocycles. The van der Waals surface area contributed by atoms with Gasteiger partial charge in [-0.1, -0.05) is 11.6 Å². The average molecular weight is 266 g/mol. The lowest BCUT2D eigenvalue weighted by molar-refractivity contribution is 0.0695. The molecule has 0 aliphatic rings. The Morgan fingerprint density at radius 3 is 2.61 bits per heavy atom. The van der Waals surface area contributed by atoms with Gasteiger partial charge in [-0.15, -0.1) is 5.10 Å². The molecule has 0 spiro atoms. The van der Waals surface area contributed by atoms with Crippen LogP contribution >= 0.6 is 11.6 Å². The van der Waals surface area contributed by atoms with Crippen LogP contribution in [0, 0.1) is 0 Å². The van der Waals surface area contributed by atoms with E-state index in [1.165, 1.54) is 12.1 Å². The van der Waals surface area contributed by atoms with Crippen LogP contribution in [-0.2, 0) is 6.42 Å². The fourth-order valence-corrected chi connectivity index (χ4v) is 1.52. The Kier molecular flexibility index (Phi) is 3.38. The predicted molar refractivity (Wildman–Crippen MR) is 63.9 cm³/mol. The number of halogens is 1. The van der Waals surface area contributed by atoms with Gasteiger partial charge in [-0.25, -0.2) is 4.79 Å². The first-order valence-electron chi connectivity index (χ1n) is 5.00. The zero-order chi connectivity index (χ0) is 13.1. The van der Waals surface area contributed by atoms with E-state index in [0.717, 1.165) is 0 Å². The number of nitrogens with zero attached hydrogens (tertiary/aromatic N) is 2. The second kappa shape index (κ2) is 4.97. The van der Waals surface area contributed by atoms with Crippen LogP contribution in [0.3, 0.4) is 0 Å². The normalized spacial score (nSPS) is 10.3. The van der Waals surface area contributed by atoms with E-state index in [9.17, 15) is 9.59 Å². The smallest absolute Gasteiger partial charge is 0.341 e. The molecule has 0 aromatic carbocycles. The van der Waals surface area contributed by atoms with Gasteiger partial charge in [0.2, 0.25) is 0 Å². The van der Waals surface area contributed by atoms with Crippen molar-refractivity contribution >= 4 is 17.6 Å². The van der Waals surface area contributed by atoms with Gasteiger partial charge in [-0.2, -0.15) is 5.10 Å². The lowest BCUT2D eigenvalue weighted by Gasteiger charge is -2.01. The molecule has 0 unspecified atom stereocenters. The number of carboxylic acid groups (broad SMARTS) is 1. The van der Waals surface area contributed by atoms with Gasteiger partial charge in [0.1, 0.15) is 5.56 Å². The summed E-state index contributed by atoms with van der Waals surface area (Å²) in [5.41, 5.74) is 0.252. The number of aromatic amines is 1. The average Bonchev–Trinajstić information content (AvgIpc) is 2.32. The minimum absolute atomic E-state index is 0.286. The summed E-state index contributed by atoms with van der Waals surface area (Å²) in [5, 5.41) is 16.5. The summed E-state index contributed by atoms with van der Waals surface area (Å²) in [6, 6.07) is 6.06. The van der Waals surface area contributed by atoms with Crippen LogP contribution in [0.2, 0.25) is 5.15 Å². The Balaban J connectivity index is 2.25. The maximum Gasteiger partial charge on any atom is 0.341 e. The maximum absolute atomic E-state index is 11.4. The summed E-state index contributed by atoms with van der Waals surface area (Å²) in [6.45, 7) is 0. The van der Waals surface area contributed by atoms with Crippen molar-refractivity contribution < 1.29 is 9.90 Å². The fourth-order valence-electron chi connectivity index (χ4n) is 1.42. The first-order chi connectivity index (χ1) is 8.56. The number of hydrogen-bond acceptors (Lipinski definition) is 4. The number of aromatic carboxylic acids is 1. The first-order valence-corrected chi connectivity index (χ1v) is 5.37. The molecule has 2 rings (SSSR count). The summed E-state index contributed by atoms with van der Waals surface area (Å²) in [5.74, 6) is -1.26. The highest BCUT2D eigenvalue weighted by Crippen LogP contribution is 2.06. The Hall–Kier alpha value is -2.21. The third-order valence-corrected chi connectivity index (χ3v) is 2.46. The SMILES string of the molecule is O=C(O)c1ccc(Cc2ccc(Cl)nn2)[nH]c1=O. The highest BCUT2D eigenvalue weighted by atomic mass is 35.5. The lowest BCUT2D eigenvalue weighted by atomic mass is 10.2. The van der Waals surface area contributed by atoms with Crippen molar-refractivity contribution in [3.63, 3.8) is 0 Å². The maximum atomic E-state index is 11.4. The van der Waals surface area contributed by atoms with E-state index >= 15 is 0 Å². The quantitative estimate of drug-likeness (QED) is 0.866. The van der Waals surface area contributed by atoms with Crippen molar-refractivity contribution in [1.29, 1.82) is 0 Å². The molecule has 7 heteroatoms. The Labute approximate surface area is 106 Å². The number of pyridine rings is 1. The largest absolute Gasteiger partial charge is 0.477 e. The molecule has 2 N–H and O–H groups in total. The van der Waals surface area contributed by atoms with Crippen LogP contribution in [0.25, 0.3) is 0 Å². The molecule has 0 bridgehead atoms. The van der Waals surface area contributed by atoms with Gasteiger partial charge in [0, 0.05) is 12.1 Å². The number of H-pyrrole nitrogens is 1. The van der Waals surface area contributed by atoms with Crippen molar-refractivity contribution in [1.82, 2.24) is 15.2 Å². The van der Waals surface area contributed by atoms with E-state index in [1.54, 1.807) is 12.1 Å². The van der Waals surface area contributed by atoms with E-state index in [2.05, 4.69) is 15.2 Å². The molecule has 0 saturated carbocycles. The molecule has 0 saturated heterocycles. The summed E-state index contributed by atoms with van der Waals surface area (Å²) in [6.07, 6.45) is 0.347. The number of aromatic nitrogens is 3. The first kappa shape index (κ1) is 12.3. The number of nitrogens with one attached hydrogen (secondary N) is 1. The molecule has 92 valence electrons. The lowest BCUT2D eigenvalue weighted by Crippen LogP contribution is -2.18. The Morgan fingerprint density at radius 2 is 2.06 bits per heavy atom. The minimum atomic E-state index is -1.26. The van der Waals surface area contributed by atoms with Gasteiger partial charge in [-0.3, -0.25) is 4.79 Å². The minimum Gasteiger partial charge on any atom is -0.477 e. The van der Waals surface area contributed by atoms with E-state index < -0.39 is 11.5 Å². The second-order valence-corrected chi connectivity index (χ2v) is 3.94. The molecule has 2 aromatic heterocycles. The summed E-state index contributed by atoms with van der Waals surface area (Å²) in [4.78, 5) is 24.6. The Bertz CT molecular complexity index is 637. The molecule has 6 nitrogen and oxygen atoms in total. The molecule has 0 radical (unpaired) electrons. The molecule has 18 heavy (non-hydrogen) atoms. The monoisotopic (exact) mass is 265 g/mol. The van der Waals surface area contributed by atoms with Crippen LogP contribution in [0.1, 0.15) is 21.7 Å². The van der Waals surface area contributed by atoms with E-state index in [1.807, 2.05) is 0 Å². The van der Waals surface area contributed by atoms with Crippen molar-refractivity contribution in [3.8, 4) is 0 Å². The van der Waals surface area contributed by atoms with Crippen molar-refractivity contribution in [2.24, 2.45) is 0 Å². The molecule has 2 aromatic rings.